The summed E-state index contributed by atoms with van der Waals surface area (Å²) >= 11 is 11.6. The van der Waals surface area contributed by atoms with Crippen molar-refractivity contribution in [2.24, 2.45) is 0 Å². The molecule has 2 atom stereocenters. The zero-order valence-electron chi connectivity index (χ0n) is 11.5. The summed E-state index contributed by atoms with van der Waals surface area (Å²) in [5.74, 6) is 0. The topological polar surface area (TPSA) is 9.23 Å². The van der Waals surface area contributed by atoms with Gasteiger partial charge in [0.15, 0.2) is 0 Å². The second-order valence-electron chi connectivity index (χ2n) is 5.43. The maximum absolute atomic E-state index is 12.5. The second kappa shape index (κ2) is 9.53. The summed E-state index contributed by atoms with van der Waals surface area (Å²) in [7, 11) is -1.50. The molecule has 0 aromatic heterocycles. The van der Waals surface area contributed by atoms with E-state index in [2.05, 4.69) is 19.6 Å². The molecular formula is C12H24ClF3OS2Si. The predicted octanol–water partition coefficient (Wildman–Crippen LogP) is 5.94. The highest BCUT2D eigenvalue weighted by Crippen LogP contribution is 2.35. The maximum atomic E-state index is 12.5. The molecule has 0 fully saturated rings. The van der Waals surface area contributed by atoms with Crippen LogP contribution >= 0.6 is 35.6 Å². The van der Waals surface area contributed by atoms with E-state index < -0.39 is 19.6 Å². The number of thiocarbonyl (C=S) groups is 1. The number of halogens is 4. The van der Waals surface area contributed by atoms with E-state index >= 15 is 0 Å². The van der Waals surface area contributed by atoms with Gasteiger partial charge in [0, 0.05) is 13.3 Å². The van der Waals surface area contributed by atoms with Gasteiger partial charge in [-0.15, -0.1) is 11.6 Å². The quantitative estimate of drug-likeness (QED) is 0.326. The Morgan fingerprint density at radius 1 is 1.35 bits per heavy atom. The molecule has 0 spiro atoms. The van der Waals surface area contributed by atoms with Gasteiger partial charge in [0.25, 0.3) is 0 Å². The van der Waals surface area contributed by atoms with E-state index in [1.54, 1.807) is 6.92 Å². The second-order valence-corrected chi connectivity index (χ2v) is 13.4. The van der Waals surface area contributed by atoms with E-state index in [1.807, 2.05) is 0 Å². The minimum Gasteiger partial charge on any atom is -0.479 e. The van der Waals surface area contributed by atoms with Gasteiger partial charge in [0.05, 0.1) is 6.61 Å². The Labute approximate surface area is 136 Å². The van der Waals surface area contributed by atoms with Crippen LogP contribution in [0.15, 0.2) is 0 Å². The van der Waals surface area contributed by atoms with Crippen molar-refractivity contribution >= 4 is 48.0 Å². The van der Waals surface area contributed by atoms with Crippen LogP contribution in [-0.4, -0.2) is 35.9 Å². The van der Waals surface area contributed by atoms with E-state index in [0.29, 0.717) is 11.0 Å². The van der Waals surface area contributed by atoms with Gasteiger partial charge < -0.3 is 4.74 Å². The predicted molar refractivity (Wildman–Crippen MR) is 90.8 cm³/mol. The molecular weight excluding hydrogens is 345 g/mol. The molecule has 0 radical (unpaired) electrons. The molecule has 0 N–H and O–H groups in total. The van der Waals surface area contributed by atoms with Gasteiger partial charge in [-0.25, -0.2) is 0 Å². The van der Waals surface area contributed by atoms with Crippen LogP contribution in [0.4, 0.5) is 13.2 Å². The van der Waals surface area contributed by atoms with Crippen LogP contribution in [0.25, 0.3) is 0 Å². The number of ether oxygens (including phenoxy) is 1. The van der Waals surface area contributed by atoms with Gasteiger partial charge in [0.2, 0.25) is 4.38 Å². The third-order valence-corrected chi connectivity index (χ3v) is 6.04. The molecule has 122 valence electrons. The first-order valence-electron chi connectivity index (χ1n) is 6.00. The fourth-order valence-corrected chi connectivity index (χ4v) is 6.47. The summed E-state index contributed by atoms with van der Waals surface area (Å²) in [5, 5.41) is -2.07. The Morgan fingerprint density at radius 2 is 1.85 bits per heavy atom. The Morgan fingerprint density at radius 3 is 2.20 bits per heavy atom. The van der Waals surface area contributed by atoms with Crippen molar-refractivity contribution in [2.45, 2.75) is 63.3 Å². The SMILES string of the molecule is C.CCOC(=S)SC(CC(Cl)C(F)(F)F)C[Si](C)(C)C. The molecule has 0 saturated heterocycles. The number of rotatable bonds is 6. The lowest BCUT2D eigenvalue weighted by molar-refractivity contribution is -0.131. The molecule has 0 rings (SSSR count). The van der Waals surface area contributed by atoms with Gasteiger partial charge in [0.1, 0.15) is 5.38 Å². The Hall–Kier alpha value is 0.537. The highest BCUT2D eigenvalue weighted by Gasteiger charge is 2.40. The lowest BCUT2D eigenvalue weighted by atomic mass is 10.2. The minimum atomic E-state index is -4.37. The molecule has 1 nitrogen and oxygen atoms in total. The summed E-state index contributed by atoms with van der Waals surface area (Å²) in [6.07, 6.45) is -4.50. The first-order chi connectivity index (χ1) is 8.45. The zero-order chi connectivity index (χ0) is 15.3. The molecule has 0 aliphatic carbocycles. The Kier molecular flexibility index (Phi) is 10.9. The maximum Gasteiger partial charge on any atom is 0.404 e. The van der Waals surface area contributed by atoms with Crippen molar-refractivity contribution < 1.29 is 17.9 Å². The lowest BCUT2D eigenvalue weighted by Crippen LogP contribution is -2.32. The van der Waals surface area contributed by atoms with Crippen LogP contribution in [0.3, 0.4) is 0 Å². The first-order valence-corrected chi connectivity index (χ1v) is 11.4. The summed E-state index contributed by atoms with van der Waals surface area (Å²) < 4.78 is 43.0. The third-order valence-electron chi connectivity index (χ3n) is 2.19. The molecule has 0 saturated carbocycles. The first kappa shape index (κ1) is 22.8. The van der Waals surface area contributed by atoms with Gasteiger partial charge in [-0.2, -0.15) is 13.2 Å². The summed E-state index contributed by atoms with van der Waals surface area (Å²) in [6.45, 7) is 8.55. The van der Waals surface area contributed by atoms with Crippen LogP contribution in [0.1, 0.15) is 20.8 Å². The van der Waals surface area contributed by atoms with Crippen molar-refractivity contribution in [3.8, 4) is 0 Å². The molecule has 8 heteroatoms. The highest BCUT2D eigenvalue weighted by atomic mass is 35.5. The highest BCUT2D eigenvalue weighted by molar-refractivity contribution is 8.23. The van der Waals surface area contributed by atoms with Gasteiger partial charge in [-0.05, 0) is 31.6 Å². The van der Waals surface area contributed by atoms with E-state index in [9.17, 15) is 13.2 Å². The molecule has 0 heterocycles. The Balaban J connectivity index is 0. The van der Waals surface area contributed by atoms with Crippen molar-refractivity contribution in [1.82, 2.24) is 0 Å². The molecule has 0 aliphatic heterocycles. The van der Waals surface area contributed by atoms with Gasteiger partial charge >= 0.3 is 6.18 Å². The van der Waals surface area contributed by atoms with E-state index in [0.717, 1.165) is 6.04 Å². The average molecular weight is 369 g/mol. The average Bonchev–Trinajstić information content (AvgIpc) is 2.12. The van der Waals surface area contributed by atoms with Crippen molar-refractivity contribution in [3.63, 3.8) is 0 Å². The fraction of sp³-hybridized carbons (Fsp3) is 0.917. The smallest absolute Gasteiger partial charge is 0.404 e. The summed E-state index contributed by atoms with van der Waals surface area (Å²) in [5.41, 5.74) is 0. The van der Waals surface area contributed by atoms with Crippen molar-refractivity contribution in [2.75, 3.05) is 6.61 Å². The molecule has 2 unspecified atom stereocenters. The van der Waals surface area contributed by atoms with Crippen LogP contribution in [-0.2, 0) is 4.74 Å². The normalized spacial score (nSPS) is 15.2. The number of alkyl halides is 4. The number of hydrogen-bond donors (Lipinski definition) is 0. The molecule has 0 aliphatic rings. The standard InChI is InChI=1S/C11H20ClF3OS2Si.CH4/c1-5-16-10(17)18-8(7-19(2,3)4)6-9(12)11(13,14)15;/h8-9H,5-7H2,1-4H3;1H4. The lowest BCUT2D eigenvalue weighted by Gasteiger charge is -2.26. The van der Waals surface area contributed by atoms with Crippen LogP contribution in [0.2, 0.25) is 25.7 Å². The van der Waals surface area contributed by atoms with Gasteiger partial charge in [-0.3, -0.25) is 0 Å². The Bertz CT molecular complexity index is 295. The van der Waals surface area contributed by atoms with Crippen LogP contribution in [0, 0.1) is 0 Å². The fourth-order valence-electron chi connectivity index (χ4n) is 1.51. The number of thioether (sulfide) groups is 1. The van der Waals surface area contributed by atoms with Crippen molar-refractivity contribution in [1.29, 1.82) is 0 Å². The number of hydrogen-bond acceptors (Lipinski definition) is 3. The zero-order valence-corrected chi connectivity index (χ0v) is 14.9. The summed E-state index contributed by atoms with van der Waals surface area (Å²) in [6, 6.07) is 0.726. The van der Waals surface area contributed by atoms with Gasteiger partial charge in [-0.1, -0.05) is 38.8 Å². The molecule has 0 aromatic carbocycles. The van der Waals surface area contributed by atoms with E-state index in [1.165, 1.54) is 11.8 Å². The van der Waals surface area contributed by atoms with Crippen molar-refractivity contribution in [3.05, 3.63) is 0 Å². The summed E-state index contributed by atoms with van der Waals surface area (Å²) in [4.78, 5) is 0. The third kappa shape index (κ3) is 11.2. The minimum absolute atomic E-state index is 0. The van der Waals surface area contributed by atoms with Crippen LogP contribution < -0.4 is 0 Å². The molecule has 0 bridgehead atoms. The monoisotopic (exact) mass is 368 g/mol. The van der Waals surface area contributed by atoms with Crippen LogP contribution in [0.5, 0.6) is 0 Å². The molecule has 0 aromatic rings. The largest absolute Gasteiger partial charge is 0.479 e. The molecule has 0 amide bonds. The van der Waals surface area contributed by atoms with E-state index in [4.69, 9.17) is 28.6 Å². The molecule has 20 heavy (non-hydrogen) atoms. The van der Waals surface area contributed by atoms with E-state index in [-0.39, 0.29) is 19.1 Å².